The Bertz CT molecular complexity index is 595. The topological polar surface area (TPSA) is 42.0 Å². The van der Waals surface area contributed by atoms with E-state index in [0.29, 0.717) is 18.8 Å². The molecular formula is C17H22N2OS. The van der Waals surface area contributed by atoms with Gasteiger partial charge in [0.1, 0.15) is 0 Å². The number of rotatable bonds is 5. The van der Waals surface area contributed by atoms with Gasteiger partial charge in [-0.2, -0.15) is 0 Å². The number of benzene rings is 1. The lowest BCUT2D eigenvalue weighted by atomic mass is 10.0. The van der Waals surface area contributed by atoms with Crippen molar-refractivity contribution in [1.29, 1.82) is 0 Å². The molecule has 1 heterocycles. The minimum Gasteiger partial charge on any atom is -0.326 e. The molecule has 0 atom stereocenters. The van der Waals surface area contributed by atoms with Gasteiger partial charge in [-0.1, -0.05) is 26.0 Å². The number of hydrogen-bond donors (Lipinski definition) is 1. The highest BCUT2D eigenvalue weighted by atomic mass is 32.1. The molecule has 3 nitrogen and oxygen atoms in total. The zero-order valence-corrected chi connectivity index (χ0v) is 13.9. The Morgan fingerprint density at radius 3 is 2.43 bits per heavy atom. The van der Waals surface area contributed by atoms with Crippen molar-refractivity contribution in [2.24, 2.45) is 0 Å². The summed E-state index contributed by atoms with van der Waals surface area (Å²) in [5, 5.41) is 3.97. The normalized spacial score (nSPS) is 10.9. The number of nitrogens with one attached hydrogen (secondary N) is 1. The Morgan fingerprint density at radius 2 is 1.90 bits per heavy atom. The van der Waals surface area contributed by atoms with Crippen molar-refractivity contribution in [1.82, 2.24) is 4.98 Å². The van der Waals surface area contributed by atoms with Gasteiger partial charge >= 0.3 is 0 Å². The number of anilines is 1. The molecule has 1 aromatic heterocycles. The Kier molecular flexibility index (Phi) is 5.12. The third-order valence-electron chi connectivity index (χ3n) is 3.50. The predicted octanol–water partition coefficient (Wildman–Crippen LogP) is 4.45. The first kappa shape index (κ1) is 15.7. The number of thiazole rings is 1. The second-order valence-electron chi connectivity index (χ2n) is 5.57. The number of carbonyl (C=O) groups is 1. The lowest BCUT2D eigenvalue weighted by molar-refractivity contribution is -0.116. The van der Waals surface area contributed by atoms with Gasteiger partial charge in [-0.15, -0.1) is 11.3 Å². The fourth-order valence-electron chi connectivity index (χ4n) is 2.04. The largest absolute Gasteiger partial charge is 0.326 e. The van der Waals surface area contributed by atoms with E-state index >= 15 is 0 Å². The lowest BCUT2D eigenvalue weighted by Crippen LogP contribution is -2.12. The van der Waals surface area contributed by atoms with E-state index in [1.165, 1.54) is 10.4 Å². The highest BCUT2D eigenvalue weighted by Gasteiger charge is 2.08. The molecule has 0 aliphatic rings. The van der Waals surface area contributed by atoms with Crippen molar-refractivity contribution in [2.75, 3.05) is 5.32 Å². The Morgan fingerprint density at radius 1 is 1.24 bits per heavy atom. The molecule has 1 amide bonds. The van der Waals surface area contributed by atoms with Crippen LogP contribution in [-0.4, -0.2) is 10.9 Å². The highest BCUT2D eigenvalue weighted by molar-refractivity contribution is 7.11. The molecule has 0 aliphatic heterocycles. The molecule has 2 rings (SSSR count). The van der Waals surface area contributed by atoms with Gasteiger partial charge < -0.3 is 5.32 Å². The van der Waals surface area contributed by atoms with Crippen molar-refractivity contribution in [3.8, 4) is 0 Å². The summed E-state index contributed by atoms with van der Waals surface area (Å²) in [5.41, 5.74) is 3.21. The number of aromatic nitrogens is 1. The maximum Gasteiger partial charge on any atom is 0.224 e. The van der Waals surface area contributed by atoms with E-state index < -0.39 is 0 Å². The molecule has 0 saturated carbocycles. The summed E-state index contributed by atoms with van der Waals surface area (Å²) in [7, 11) is 0. The van der Waals surface area contributed by atoms with Crippen molar-refractivity contribution in [3.63, 3.8) is 0 Å². The number of amides is 1. The highest BCUT2D eigenvalue weighted by Crippen LogP contribution is 2.19. The third kappa shape index (κ3) is 4.39. The van der Waals surface area contributed by atoms with Gasteiger partial charge in [-0.05, 0) is 37.5 Å². The van der Waals surface area contributed by atoms with Crippen LogP contribution in [-0.2, 0) is 11.2 Å². The smallest absolute Gasteiger partial charge is 0.224 e. The van der Waals surface area contributed by atoms with E-state index in [-0.39, 0.29) is 5.91 Å². The molecule has 0 aliphatic carbocycles. The van der Waals surface area contributed by atoms with Gasteiger partial charge in [-0.25, -0.2) is 4.98 Å². The number of carbonyl (C=O) groups excluding carboxylic acids is 1. The summed E-state index contributed by atoms with van der Waals surface area (Å²) in [5.74, 6) is 0.545. The predicted molar refractivity (Wildman–Crippen MR) is 89.1 cm³/mol. The molecule has 2 aromatic rings. The minimum atomic E-state index is 0.0396. The van der Waals surface area contributed by atoms with Crippen LogP contribution in [0.1, 0.15) is 47.3 Å². The summed E-state index contributed by atoms with van der Waals surface area (Å²) in [6.07, 6.45) is 1.17. The van der Waals surface area contributed by atoms with Gasteiger partial charge in [0, 0.05) is 23.4 Å². The monoisotopic (exact) mass is 302 g/mol. The zero-order valence-electron chi connectivity index (χ0n) is 13.1. The maximum absolute atomic E-state index is 12.0. The standard InChI is InChI=1S/C17H22N2OS/c1-11(2)14-5-7-15(8-6-14)19-16(20)9-10-17-18-12(3)13(4)21-17/h5-8,11H,9-10H2,1-4H3,(H,19,20). The first-order valence-corrected chi connectivity index (χ1v) is 8.10. The Hall–Kier alpha value is -1.68. The molecule has 1 N–H and O–H groups in total. The molecule has 0 fully saturated rings. The van der Waals surface area contributed by atoms with Crippen molar-refractivity contribution < 1.29 is 4.79 Å². The molecule has 0 radical (unpaired) electrons. The van der Waals surface area contributed by atoms with Gasteiger partial charge in [0.2, 0.25) is 5.91 Å². The van der Waals surface area contributed by atoms with Gasteiger partial charge in [-0.3, -0.25) is 4.79 Å². The van der Waals surface area contributed by atoms with Crippen LogP contribution in [0.4, 0.5) is 5.69 Å². The molecule has 0 spiro atoms. The molecule has 21 heavy (non-hydrogen) atoms. The van der Waals surface area contributed by atoms with Crippen LogP contribution in [0.15, 0.2) is 24.3 Å². The van der Waals surface area contributed by atoms with E-state index in [1.807, 2.05) is 19.1 Å². The summed E-state index contributed by atoms with van der Waals surface area (Å²) in [6, 6.07) is 8.05. The van der Waals surface area contributed by atoms with Crippen LogP contribution in [0.2, 0.25) is 0 Å². The summed E-state index contributed by atoms with van der Waals surface area (Å²) in [4.78, 5) is 17.7. The number of aryl methyl sites for hydroxylation is 3. The van der Waals surface area contributed by atoms with E-state index in [1.54, 1.807) is 11.3 Å². The fraction of sp³-hybridized carbons (Fsp3) is 0.412. The van der Waals surface area contributed by atoms with Crippen molar-refractivity contribution in [3.05, 3.63) is 45.4 Å². The number of nitrogens with zero attached hydrogens (tertiary/aromatic N) is 1. The van der Waals surface area contributed by atoms with E-state index in [4.69, 9.17) is 0 Å². The van der Waals surface area contributed by atoms with Crippen LogP contribution >= 0.6 is 11.3 Å². The van der Waals surface area contributed by atoms with Crippen molar-refractivity contribution >= 4 is 22.9 Å². The molecule has 4 heteroatoms. The Labute approximate surface area is 130 Å². The summed E-state index contributed by atoms with van der Waals surface area (Å²) >= 11 is 1.68. The third-order valence-corrected chi connectivity index (χ3v) is 4.63. The molecule has 0 saturated heterocycles. The van der Waals surface area contributed by atoms with Crippen molar-refractivity contribution in [2.45, 2.75) is 46.5 Å². The molecular weight excluding hydrogens is 280 g/mol. The summed E-state index contributed by atoms with van der Waals surface area (Å²) < 4.78 is 0. The van der Waals surface area contributed by atoms with E-state index in [0.717, 1.165) is 16.4 Å². The molecule has 0 unspecified atom stereocenters. The zero-order chi connectivity index (χ0) is 15.4. The van der Waals surface area contributed by atoms with Gasteiger partial charge in [0.05, 0.1) is 10.7 Å². The second kappa shape index (κ2) is 6.85. The van der Waals surface area contributed by atoms with E-state index in [9.17, 15) is 4.79 Å². The average molecular weight is 302 g/mol. The first-order chi connectivity index (χ1) is 9.95. The Balaban J connectivity index is 1.86. The van der Waals surface area contributed by atoms with Crippen LogP contribution in [0.5, 0.6) is 0 Å². The number of hydrogen-bond acceptors (Lipinski definition) is 3. The average Bonchev–Trinajstić information content (AvgIpc) is 2.76. The molecule has 112 valence electrons. The lowest BCUT2D eigenvalue weighted by Gasteiger charge is -2.08. The molecule has 0 bridgehead atoms. The second-order valence-corrected chi connectivity index (χ2v) is 6.86. The van der Waals surface area contributed by atoms with Gasteiger partial charge in [0.25, 0.3) is 0 Å². The summed E-state index contributed by atoms with van der Waals surface area (Å²) in [6.45, 7) is 8.38. The van der Waals surface area contributed by atoms with Gasteiger partial charge in [0.15, 0.2) is 0 Å². The fourth-order valence-corrected chi connectivity index (χ4v) is 2.97. The van der Waals surface area contributed by atoms with E-state index in [2.05, 4.69) is 43.2 Å². The minimum absolute atomic E-state index is 0.0396. The maximum atomic E-state index is 12.0. The first-order valence-electron chi connectivity index (χ1n) is 7.28. The quantitative estimate of drug-likeness (QED) is 0.886. The van der Waals surface area contributed by atoms with Crippen LogP contribution in [0.3, 0.4) is 0 Å². The molecule has 1 aromatic carbocycles. The van der Waals surface area contributed by atoms with Crippen LogP contribution < -0.4 is 5.32 Å². The van der Waals surface area contributed by atoms with Crippen LogP contribution in [0.25, 0.3) is 0 Å². The van der Waals surface area contributed by atoms with Crippen LogP contribution in [0, 0.1) is 13.8 Å². The SMILES string of the molecule is Cc1nc(CCC(=O)Nc2ccc(C(C)C)cc2)sc1C.